The molecular formula is C13H17N3O. The van der Waals surface area contributed by atoms with Crippen LogP contribution in [0.15, 0.2) is 24.3 Å². The molecular weight excluding hydrogens is 214 g/mol. The summed E-state index contributed by atoms with van der Waals surface area (Å²) in [5, 5.41) is 3.84. The maximum Gasteiger partial charge on any atom is 0.230 e. The number of benzene rings is 1. The highest BCUT2D eigenvalue weighted by Crippen LogP contribution is 2.25. The first-order valence-corrected chi connectivity index (χ1v) is 5.56. The number of amides is 1. The molecule has 1 heterocycles. The summed E-state index contributed by atoms with van der Waals surface area (Å²) in [5.41, 5.74) is 6.97. The molecule has 0 atom stereocenters. The molecule has 90 valence electrons. The van der Waals surface area contributed by atoms with Crippen LogP contribution >= 0.6 is 0 Å². The summed E-state index contributed by atoms with van der Waals surface area (Å²) in [6, 6.07) is 7.55. The number of nitrogens with one attached hydrogen (secondary N) is 2. The number of aromatic nitrogens is 1. The first-order valence-electron chi connectivity index (χ1n) is 5.56. The summed E-state index contributed by atoms with van der Waals surface area (Å²) in [7, 11) is 0. The minimum Gasteiger partial charge on any atom is -0.397 e. The number of H-pyrrole nitrogens is 1. The Hall–Kier alpha value is -1.97. The Morgan fingerprint density at radius 3 is 2.65 bits per heavy atom. The van der Waals surface area contributed by atoms with E-state index in [-0.39, 0.29) is 5.91 Å². The third-order valence-electron chi connectivity index (χ3n) is 2.62. The zero-order chi connectivity index (χ0) is 12.6. The standard InChI is InChI=1S/C13H17N3O/c1-13(2,3)12(17)16-10-7-8-5-4-6-9(14)11(8)15-10/h4-7,15H,14H2,1-3H3,(H,16,17). The zero-order valence-corrected chi connectivity index (χ0v) is 10.3. The maximum atomic E-state index is 11.8. The van der Waals surface area contributed by atoms with Crippen LogP contribution in [-0.4, -0.2) is 10.9 Å². The third kappa shape index (κ3) is 2.25. The largest absolute Gasteiger partial charge is 0.397 e. The lowest BCUT2D eigenvalue weighted by atomic mass is 9.96. The average Bonchev–Trinajstić information content (AvgIpc) is 2.60. The molecule has 4 heteroatoms. The van der Waals surface area contributed by atoms with Crippen LogP contribution in [0, 0.1) is 5.41 Å². The van der Waals surface area contributed by atoms with E-state index in [0.717, 1.165) is 10.9 Å². The smallest absolute Gasteiger partial charge is 0.230 e. The molecule has 0 radical (unpaired) electrons. The Morgan fingerprint density at radius 2 is 2.06 bits per heavy atom. The Labute approximate surface area is 100 Å². The molecule has 0 spiro atoms. The minimum atomic E-state index is -0.414. The van der Waals surface area contributed by atoms with Crippen molar-refractivity contribution in [1.82, 2.24) is 4.98 Å². The fourth-order valence-electron chi connectivity index (χ4n) is 1.56. The van der Waals surface area contributed by atoms with Crippen molar-refractivity contribution in [3.05, 3.63) is 24.3 Å². The van der Waals surface area contributed by atoms with Crippen LogP contribution in [0.3, 0.4) is 0 Å². The molecule has 0 fully saturated rings. The molecule has 1 amide bonds. The number of nitrogen functional groups attached to an aromatic ring is 1. The topological polar surface area (TPSA) is 70.9 Å². The Bertz CT molecular complexity index is 564. The summed E-state index contributed by atoms with van der Waals surface area (Å²) in [5.74, 6) is 0.653. The van der Waals surface area contributed by atoms with E-state index >= 15 is 0 Å². The number of aromatic amines is 1. The fourth-order valence-corrected chi connectivity index (χ4v) is 1.56. The molecule has 0 aliphatic carbocycles. The number of rotatable bonds is 1. The molecule has 2 aromatic rings. The molecule has 0 unspecified atom stereocenters. The summed E-state index contributed by atoms with van der Waals surface area (Å²) < 4.78 is 0. The van der Waals surface area contributed by atoms with Crippen molar-refractivity contribution in [3.63, 3.8) is 0 Å². The van der Waals surface area contributed by atoms with Crippen molar-refractivity contribution in [1.29, 1.82) is 0 Å². The van der Waals surface area contributed by atoms with E-state index in [1.165, 1.54) is 0 Å². The number of carbonyl (C=O) groups excluding carboxylic acids is 1. The molecule has 0 aliphatic rings. The van der Waals surface area contributed by atoms with Crippen LogP contribution in [0.25, 0.3) is 10.9 Å². The molecule has 0 saturated heterocycles. The van der Waals surface area contributed by atoms with Crippen LogP contribution in [-0.2, 0) is 4.79 Å². The van der Waals surface area contributed by atoms with E-state index in [0.29, 0.717) is 11.5 Å². The van der Waals surface area contributed by atoms with Gasteiger partial charge in [-0.3, -0.25) is 4.79 Å². The lowest BCUT2D eigenvalue weighted by Crippen LogP contribution is -2.27. The number of hydrogen-bond acceptors (Lipinski definition) is 2. The van der Waals surface area contributed by atoms with Gasteiger partial charge in [-0.2, -0.15) is 0 Å². The van der Waals surface area contributed by atoms with Gasteiger partial charge >= 0.3 is 0 Å². The summed E-state index contributed by atoms with van der Waals surface area (Å²) in [6.07, 6.45) is 0. The summed E-state index contributed by atoms with van der Waals surface area (Å²) in [6.45, 7) is 5.62. The molecule has 1 aromatic heterocycles. The molecule has 0 bridgehead atoms. The van der Waals surface area contributed by atoms with Crippen molar-refractivity contribution in [2.75, 3.05) is 11.1 Å². The molecule has 4 nitrogen and oxygen atoms in total. The van der Waals surface area contributed by atoms with Crippen LogP contribution in [0.4, 0.5) is 11.5 Å². The molecule has 17 heavy (non-hydrogen) atoms. The van der Waals surface area contributed by atoms with Gasteiger partial charge in [-0.15, -0.1) is 0 Å². The van der Waals surface area contributed by atoms with Gasteiger partial charge in [-0.25, -0.2) is 0 Å². The van der Waals surface area contributed by atoms with Crippen molar-refractivity contribution < 1.29 is 4.79 Å². The van der Waals surface area contributed by atoms with Crippen LogP contribution < -0.4 is 11.1 Å². The monoisotopic (exact) mass is 231 g/mol. The molecule has 0 saturated carbocycles. The van der Waals surface area contributed by atoms with Crippen molar-refractivity contribution in [2.45, 2.75) is 20.8 Å². The normalized spacial score (nSPS) is 11.7. The van der Waals surface area contributed by atoms with E-state index < -0.39 is 5.41 Å². The third-order valence-corrected chi connectivity index (χ3v) is 2.62. The second kappa shape index (κ2) is 3.80. The minimum absolute atomic E-state index is 0.0253. The Kier molecular flexibility index (Phi) is 2.58. The van der Waals surface area contributed by atoms with Gasteiger partial charge < -0.3 is 16.0 Å². The highest BCUT2D eigenvalue weighted by molar-refractivity contribution is 5.99. The molecule has 4 N–H and O–H groups in total. The predicted molar refractivity (Wildman–Crippen MR) is 70.8 cm³/mol. The molecule has 0 aliphatic heterocycles. The van der Waals surface area contributed by atoms with Crippen LogP contribution in [0.1, 0.15) is 20.8 Å². The highest BCUT2D eigenvalue weighted by atomic mass is 16.2. The maximum absolute atomic E-state index is 11.8. The van der Waals surface area contributed by atoms with Crippen molar-refractivity contribution in [2.24, 2.45) is 5.41 Å². The van der Waals surface area contributed by atoms with Gasteiger partial charge in [0.15, 0.2) is 0 Å². The average molecular weight is 231 g/mol. The van der Waals surface area contributed by atoms with E-state index in [9.17, 15) is 4.79 Å². The van der Waals surface area contributed by atoms with Gasteiger partial charge in [0.2, 0.25) is 5.91 Å². The SMILES string of the molecule is CC(C)(C)C(=O)Nc1cc2cccc(N)c2[nH]1. The number of nitrogens with two attached hydrogens (primary N) is 1. The van der Waals surface area contributed by atoms with Gasteiger partial charge in [0.1, 0.15) is 5.82 Å². The summed E-state index contributed by atoms with van der Waals surface area (Å²) >= 11 is 0. The quantitative estimate of drug-likeness (QED) is 0.660. The van der Waals surface area contributed by atoms with Crippen molar-refractivity contribution >= 4 is 28.3 Å². The first kappa shape index (κ1) is 11.5. The lowest BCUT2D eigenvalue weighted by Gasteiger charge is -2.16. The van der Waals surface area contributed by atoms with Gasteiger partial charge in [-0.05, 0) is 12.1 Å². The van der Waals surface area contributed by atoms with Crippen LogP contribution in [0.2, 0.25) is 0 Å². The predicted octanol–water partition coefficient (Wildman–Crippen LogP) is 2.73. The second-order valence-corrected chi connectivity index (χ2v) is 5.20. The number of hydrogen-bond donors (Lipinski definition) is 3. The zero-order valence-electron chi connectivity index (χ0n) is 10.3. The molecule has 2 rings (SSSR count). The van der Waals surface area contributed by atoms with Gasteiger partial charge in [0, 0.05) is 10.8 Å². The first-order chi connectivity index (χ1) is 7.88. The number of para-hydroxylation sites is 1. The van der Waals surface area contributed by atoms with Crippen molar-refractivity contribution in [3.8, 4) is 0 Å². The second-order valence-electron chi connectivity index (χ2n) is 5.20. The van der Waals surface area contributed by atoms with Gasteiger partial charge in [0.25, 0.3) is 0 Å². The number of carbonyl (C=O) groups is 1. The number of fused-ring (bicyclic) bond motifs is 1. The van der Waals surface area contributed by atoms with Gasteiger partial charge in [0.05, 0.1) is 11.2 Å². The number of anilines is 2. The van der Waals surface area contributed by atoms with E-state index in [2.05, 4.69) is 10.3 Å². The Morgan fingerprint density at radius 1 is 1.35 bits per heavy atom. The lowest BCUT2D eigenvalue weighted by molar-refractivity contribution is -0.123. The van der Waals surface area contributed by atoms with Gasteiger partial charge in [-0.1, -0.05) is 32.9 Å². The van der Waals surface area contributed by atoms with E-state index in [1.54, 1.807) is 0 Å². The molecule has 1 aromatic carbocycles. The van der Waals surface area contributed by atoms with E-state index in [1.807, 2.05) is 45.0 Å². The summed E-state index contributed by atoms with van der Waals surface area (Å²) in [4.78, 5) is 14.9. The van der Waals surface area contributed by atoms with E-state index in [4.69, 9.17) is 5.73 Å². The Balaban J connectivity index is 2.32. The fraction of sp³-hybridized carbons (Fsp3) is 0.308. The highest BCUT2D eigenvalue weighted by Gasteiger charge is 2.21. The van der Waals surface area contributed by atoms with Crippen LogP contribution in [0.5, 0.6) is 0 Å².